The van der Waals surface area contributed by atoms with Gasteiger partial charge < -0.3 is 20.9 Å². The molecule has 1 heterocycles. The van der Waals surface area contributed by atoms with Gasteiger partial charge in [-0.2, -0.15) is 0 Å². The number of nitrogens with zero attached hydrogens (tertiary/aromatic N) is 2. The summed E-state index contributed by atoms with van der Waals surface area (Å²) in [6.07, 6.45) is 3.62. The Balaban J connectivity index is 0.00000420. The van der Waals surface area contributed by atoms with Gasteiger partial charge in [0.2, 0.25) is 0 Å². The van der Waals surface area contributed by atoms with Crippen LogP contribution in [0.25, 0.3) is 0 Å². The van der Waals surface area contributed by atoms with Crippen molar-refractivity contribution in [3.05, 3.63) is 35.9 Å². The normalized spacial score (nSPS) is 17.5. The summed E-state index contributed by atoms with van der Waals surface area (Å²) < 4.78 is 0. The van der Waals surface area contributed by atoms with Gasteiger partial charge in [0.1, 0.15) is 0 Å². The second kappa shape index (κ2) is 13.4. The fraction of sp³-hybridized carbons (Fsp3) is 0.696. The molecule has 5 nitrogen and oxygen atoms in total. The van der Waals surface area contributed by atoms with E-state index >= 15 is 0 Å². The Morgan fingerprint density at radius 3 is 2.41 bits per heavy atom. The number of rotatable bonds is 9. The van der Waals surface area contributed by atoms with E-state index in [9.17, 15) is 0 Å². The first-order valence-electron chi connectivity index (χ1n) is 11.0. The average molecular weight is 516 g/mol. The molecule has 1 aromatic carbocycles. The van der Waals surface area contributed by atoms with E-state index in [4.69, 9.17) is 4.99 Å². The molecule has 1 atom stereocenters. The van der Waals surface area contributed by atoms with E-state index in [1.807, 2.05) is 0 Å². The zero-order valence-electron chi connectivity index (χ0n) is 19.0. The molecule has 1 fully saturated rings. The van der Waals surface area contributed by atoms with Gasteiger partial charge in [0.15, 0.2) is 5.96 Å². The molecule has 1 aliphatic heterocycles. The number of hydrogen-bond acceptors (Lipinski definition) is 3. The summed E-state index contributed by atoms with van der Waals surface area (Å²) >= 11 is 0. The molecular weight excluding hydrogens is 473 g/mol. The third-order valence-corrected chi connectivity index (χ3v) is 5.35. The lowest BCUT2D eigenvalue weighted by Crippen LogP contribution is -2.50. The minimum Gasteiger partial charge on any atom is -0.357 e. The van der Waals surface area contributed by atoms with Crippen molar-refractivity contribution in [2.75, 3.05) is 32.7 Å². The third-order valence-electron chi connectivity index (χ3n) is 5.35. The van der Waals surface area contributed by atoms with Crippen LogP contribution in [0, 0.1) is 0 Å². The summed E-state index contributed by atoms with van der Waals surface area (Å²) in [6.45, 7) is 16.3. The molecule has 1 aromatic rings. The predicted molar refractivity (Wildman–Crippen MR) is 136 cm³/mol. The minimum atomic E-state index is -0.0813. The molecule has 6 heteroatoms. The van der Waals surface area contributed by atoms with Crippen LogP contribution in [0.2, 0.25) is 0 Å². The van der Waals surface area contributed by atoms with Crippen LogP contribution in [0.1, 0.15) is 65.5 Å². The van der Waals surface area contributed by atoms with E-state index in [0.29, 0.717) is 12.1 Å². The number of benzene rings is 1. The number of piperidine rings is 1. The Morgan fingerprint density at radius 2 is 1.83 bits per heavy atom. The fourth-order valence-corrected chi connectivity index (χ4v) is 3.86. The lowest BCUT2D eigenvalue weighted by molar-refractivity contribution is 0.206. The van der Waals surface area contributed by atoms with Gasteiger partial charge in [0, 0.05) is 37.3 Å². The smallest absolute Gasteiger partial charge is 0.191 e. The largest absolute Gasteiger partial charge is 0.357 e. The second-order valence-corrected chi connectivity index (χ2v) is 8.62. The lowest BCUT2D eigenvalue weighted by atomic mass is 10.0. The molecular formula is C23H42IN5. The van der Waals surface area contributed by atoms with Gasteiger partial charge >= 0.3 is 0 Å². The van der Waals surface area contributed by atoms with E-state index in [0.717, 1.165) is 19.0 Å². The van der Waals surface area contributed by atoms with Crippen molar-refractivity contribution in [1.29, 1.82) is 0 Å². The Kier molecular flexibility index (Phi) is 12.1. The zero-order chi connectivity index (χ0) is 20.4. The maximum absolute atomic E-state index is 4.90. The molecule has 166 valence electrons. The van der Waals surface area contributed by atoms with Crippen LogP contribution < -0.4 is 16.0 Å². The molecule has 1 saturated heterocycles. The molecule has 2 rings (SSSR count). The van der Waals surface area contributed by atoms with Crippen LogP contribution in [0.5, 0.6) is 0 Å². The van der Waals surface area contributed by atoms with Gasteiger partial charge in [-0.1, -0.05) is 37.3 Å². The molecule has 0 saturated carbocycles. The quantitative estimate of drug-likeness (QED) is 0.263. The molecule has 1 unspecified atom stereocenters. The molecule has 0 spiro atoms. The first-order chi connectivity index (χ1) is 13.4. The van der Waals surface area contributed by atoms with Crippen LogP contribution in [-0.2, 0) is 0 Å². The van der Waals surface area contributed by atoms with Gasteiger partial charge in [-0.3, -0.25) is 4.99 Å². The number of hydrogen-bond donors (Lipinski definition) is 3. The highest BCUT2D eigenvalue weighted by atomic mass is 127. The number of aliphatic imine (C=N–C) groups is 1. The first-order valence-corrected chi connectivity index (χ1v) is 11.0. The van der Waals surface area contributed by atoms with Crippen LogP contribution in [0.4, 0.5) is 0 Å². The van der Waals surface area contributed by atoms with E-state index in [1.54, 1.807) is 0 Å². The summed E-state index contributed by atoms with van der Waals surface area (Å²) in [4.78, 5) is 7.47. The van der Waals surface area contributed by atoms with E-state index in [1.165, 1.54) is 44.5 Å². The maximum Gasteiger partial charge on any atom is 0.191 e. The summed E-state index contributed by atoms with van der Waals surface area (Å²) in [5.41, 5.74) is 1.23. The Hall–Kier alpha value is -0.860. The average Bonchev–Trinajstić information content (AvgIpc) is 2.68. The topological polar surface area (TPSA) is 51.7 Å². The number of guanidine groups is 1. The van der Waals surface area contributed by atoms with Crippen molar-refractivity contribution in [2.45, 2.75) is 71.5 Å². The monoisotopic (exact) mass is 515 g/mol. The van der Waals surface area contributed by atoms with Crippen LogP contribution >= 0.6 is 24.0 Å². The van der Waals surface area contributed by atoms with Crippen LogP contribution in [0.15, 0.2) is 35.3 Å². The molecule has 0 bridgehead atoms. The minimum absolute atomic E-state index is 0. The highest BCUT2D eigenvalue weighted by Gasteiger charge is 2.22. The number of nitrogens with one attached hydrogen (secondary N) is 3. The zero-order valence-corrected chi connectivity index (χ0v) is 21.3. The van der Waals surface area contributed by atoms with Crippen molar-refractivity contribution >= 4 is 29.9 Å². The number of halogens is 1. The summed E-state index contributed by atoms with van der Waals surface area (Å²) in [5.74, 6) is 0.943. The second-order valence-electron chi connectivity index (χ2n) is 8.62. The van der Waals surface area contributed by atoms with E-state index in [2.05, 4.69) is 85.8 Å². The Morgan fingerprint density at radius 1 is 1.17 bits per heavy atom. The Labute approximate surface area is 195 Å². The molecule has 0 radical (unpaired) electrons. The summed E-state index contributed by atoms with van der Waals surface area (Å²) in [6, 6.07) is 11.4. The first kappa shape index (κ1) is 26.2. The van der Waals surface area contributed by atoms with Crippen LogP contribution in [-0.4, -0.2) is 55.2 Å². The van der Waals surface area contributed by atoms with Crippen molar-refractivity contribution in [3.8, 4) is 0 Å². The molecule has 0 aromatic heterocycles. The van der Waals surface area contributed by atoms with Gasteiger partial charge in [0.25, 0.3) is 0 Å². The third kappa shape index (κ3) is 9.66. The van der Waals surface area contributed by atoms with Gasteiger partial charge in [0.05, 0.1) is 6.54 Å². The molecule has 1 aliphatic rings. The van der Waals surface area contributed by atoms with E-state index in [-0.39, 0.29) is 29.5 Å². The summed E-state index contributed by atoms with van der Waals surface area (Å²) in [5, 5.41) is 10.8. The van der Waals surface area contributed by atoms with Crippen molar-refractivity contribution < 1.29 is 0 Å². The lowest BCUT2D eigenvalue weighted by Gasteiger charge is -2.33. The van der Waals surface area contributed by atoms with Crippen LogP contribution in [0.3, 0.4) is 0 Å². The summed E-state index contributed by atoms with van der Waals surface area (Å²) in [7, 11) is 0. The molecule has 0 amide bonds. The maximum atomic E-state index is 4.90. The highest BCUT2D eigenvalue weighted by molar-refractivity contribution is 14.0. The highest BCUT2D eigenvalue weighted by Crippen LogP contribution is 2.16. The molecule has 3 N–H and O–H groups in total. The molecule has 0 aliphatic carbocycles. The van der Waals surface area contributed by atoms with Gasteiger partial charge in [-0.15, -0.1) is 24.0 Å². The van der Waals surface area contributed by atoms with Gasteiger partial charge in [-0.25, -0.2) is 0 Å². The Bertz CT molecular complexity index is 582. The number of likely N-dealkylation sites (tertiary alicyclic amines) is 1. The predicted octanol–water partition coefficient (Wildman–Crippen LogP) is 4.16. The van der Waals surface area contributed by atoms with Gasteiger partial charge in [-0.05, 0) is 59.1 Å². The molecule has 29 heavy (non-hydrogen) atoms. The standard InChI is InChI=1S/C23H41N5.HI/c1-6-15-28-16-13-21(14-17-28)26-22(24-7-2)25-18-23(4,5)27-19(3)20-11-9-8-10-12-20;/h8-12,19,21,27H,6-7,13-18H2,1-5H3,(H2,24,25,26);1H. The SMILES string of the molecule is CCCN1CCC(NC(=NCC(C)(C)NC(C)c2ccccc2)NCC)CC1.I. The fourth-order valence-electron chi connectivity index (χ4n) is 3.86. The van der Waals surface area contributed by atoms with Crippen molar-refractivity contribution in [3.63, 3.8) is 0 Å². The van der Waals surface area contributed by atoms with Crippen molar-refractivity contribution in [2.24, 2.45) is 4.99 Å². The van der Waals surface area contributed by atoms with E-state index < -0.39 is 0 Å². The van der Waals surface area contributed by atoms with Crippen molar-refractivity contribution in [1.82, 2.24) is 20.9 Å².